The minimum atomic E-state index is -3.25. The van der Waals surface area contributed by atoms with E-state index in [9.17, 15) is 13.2 Å². The summed E-state index contributed by atoms with van der Waals surface area (Å²) < 4.78 is 24.4. The summed E-state index contributed by atoms with van der Waals surface area (Å²) in [4.78, 5) is 20.4. The highest BCUT2D eigenvalue weighted by Gasteiger charge is 2.09. The van der Waals surface area contributed by atoms with Gasteiger partial charge in [0.05, 0.1) is 16.3 Å². The number of benzene rings is 1. The number of sulfonamides is 1. The predicted octanol–water partition coefficient (Wildman–Crippen LogP) is 2.70. The number of carbonyl (C=O) groups is 1. The maximum absolute atomic E-state index is 12.1. The summed E-state index contributed by atoms with van der Waals surface area (Å²) >= 11 is 11.7. The van der Waals surface area contributed by atoms with Crippen molar-refractivity contribution in [2.45, 2.75) is 6.92 Å². The van der Waals surface area contributed by atoms with E-state index in [1.165, 1.54) is 6.07 Å². The number of carbonyl (C=O) groups excluding carboxylic acids is 1. The largest absolute Gasteiger partial charge is 0.369 e. The van der Waals surface area contributed by atoms with E-state index in [0.717, 1.165) is 6.26 Å². The molecule has 0 spiro atoms. The van der Waals surface area contributed by atoms with Gasteiger partial charge in [0, 0.05) is 30.5 Å². The van der Waals surface area contributed by atoms with Gasteiger partial charge < -0.3 is 10.6 Å². The molecular weight excluding hydrogens is 415 g/mol. The lowest BCUT2D eigenvalue weighted by Crippen LogP contribution is -2.28. The van der Waals surface area contributed by atoms with Gasteiger partial charge in [0.1, 0.15) is 5.82 Å². The summed E-state index contributed by atoms with van der Waals surface area (Å²) in [6.07, 6.45) is 1.08. The lowest BCUT2D eigenvalue weighted by atomic mass is 10.3. The van der Waals surface area contributed by atoms with Gasteiger partial charge >= 0.3 is 6.03 Å². The molecule has 0 aliphatic rings. The summed E-state index contributed by atoms with van der Waals surface area (Å²) in [7, 11) is -3.25. The first-order valence-corrected chi connectivity index (χ1v) is 10.3. The SMILES string of the molecule is Cc1cc(NCCNS(C)(=O)=O)nc(NC(=O)Nc2ccc(Cl)c(Cl)c2)n1. The molecule has 0 saturated carbocycles. The normalized spacial score (nSPS) is 11.1. The lowest BCUT2D eigenvalue weighted by Gasteiger charge is -2.10. The minimum absolute atomic E-state index is 0.0890. The zero-order valence-corrected chi connectivity index (χ0v) is 16.8. The van der Waals surface area contributed by atoms with E-state index in [2.05, 4.69) is 30.6 Å². The van der Waals surface area contributed by atoms with Crippen LogP contribution in [0.5, 0.6) is 0 Å². The maximum Gasteiger partial charge on any atom is 0.326 e. The zero-order valence-electron chi connectivity index (χ0n) is 14.5. The van der Waals surface area contributed by atoms with Gasteiger partial charge in [0.15, 0.2) is 0 Å². The van der Waals surface area contributed by atoms with Crippen molar-refractivity contribution in [2.75, 3.05) is 35.3 Å². The summed E-state index contributed by atoms with van der Waals surface area (Å²) in [5.41, 5.74) is 1.08. The van der Waals surface area contributed by atoms with E-state index < -0.39 is 16.1 Å². The molecule has 0 fully saturated rings. The molecule has 1 aromatic heterocycles. The molecule has 0 atom stereocenters. The van der Waals surface area contributed by atoms with E-state index in [1.807, 2.05) is 0 Å². The summed E-state index contributed by atoms with van der Waals surface area (Å²) in [6, 6.07) is 5.80. The highest BCUT2D eigenvalue weighted by molar-refractivity contribution is 7.88. The molecule has 0 radical (unpaired) electrons. The minimum Gasteiger partial charge on any atom is -0.369 e. The molecule has 1 heterocycles. The van der Waals surface area contributed by atoms with E-state index in [-0.39, 0.29) is 12.5 Å². The number of nitrogens with zero attached hydrogens (tertiary/aromatic N) is 2. The highest BCUT2D eigenvalue weighted by Crippen LogP contribution is 2.25. The molecule has 2 rings (SSSR count). The van der Waals surface area contributed by atoms with Gasteiger partial charge in [-0.2, -0.15) is 4.98 Å². The molecular formula is C15H18Cl2N6O3S. The monoisotopic (exact) mass is 432 g/mol. The van der Waals surface area contributed by atoms with Crippen LogP contribution in [0.2, 0.25) is 10.0 Å². The second kappa shape index (κ2) is 9.18. The number of rotatable bonds is 7. The number of anilines is 3. The Kier molecular flexibility index (Phi) is 7.19. The van der Waals surface area contributed by atoms with Crippen molar-refractivity contribution in [1.29, 1.82) is 0 Å². The Morgan fingerprint density at radius 1 is 1.07 bits per heavy atom. The van der Waals surface area contributed by atoms with Crippen LogP contribution >= 0.6 is 23.2 Å². The molecule has 0 aliphatic heterocycles. The molecule has 0 aliphatic carbocycles. The van der Waals surface area contributed by atoms with Gasteiger partial charge in [-0.3, -0.25) is 5.32 Å². The number of amides is 2. The Balaban J connectivity index is 1.96. The van der Waals surface area contributed by atoms with Crippen molar-refractivity contribution in [2.24, 2.45) is 0 Å². The summed E-state index contributed by atoms with van der Waals surface area (Å²) in [5.74, 6) is 0.536. The number of hydrogen-bond donors (Lipinski definition) is 4. The number of halogens is 2. The smallest absolute Gasteiger partial charge is 0.326 e. The van der Waals surface area contributed by atoms with Gasteiger partial charge in [-0.05, 0) is 25.1 Å². The molecule has 9 nitrogen and oxygen atoms in total. The Labute approximate surface area is 166 Å². The van der Waals surface area contributed by atoms with Crippen LogP contribution in [0.15, 0.2) is 24.3 Å². The number of aromatic nitrogens is 2. The van der Waals surface area contributed by atoms with Crippen LogP contribution in [0.1, 0.15) is 5.69 Å². The van der Waals surface area contributed by atoms with Gasteiger partial charge in [0.25, 0.3) is 0 Å². The maximum atomic E-state index is 12.1. The van der Waals surface area contributed by atoms with Crippen LogP contribution in [0, 0.1) is 6.92 Å². The fourth-order valence-corrected chi connectivity index (χ4v) is 2.75. The highest BCUT2D eigenvalue weighted by atomic mass is 35.5. The molecule has 0 saturated heterocycles. The van der Waals surface area contributed by atoms with Crippen molar-refractivity contribution in [3.05, 3.63) is 40.0 Å². The summed E-state index contributed by atoms with van der Waals surface area (Å²) in [6.45, 7) is 2.25. The lowest BCUT2D eigenvalue weighted by molar-refractivity contribution is 0.262. The third-order valence-corrected chi connectivity index (χ3v) is 4.52. The summed E-state index contributed by atoms with van der Waals surface area (Å²) in [5, 5.41) is 8.77. The number of aryl methyl sites for hydroxylation is 1. The second-order valence-electron chi connectivity index (χ2n) is 5.52. The van der Waals surface area contributed by atoms with Crippen LogP contribution < -0.4 is 20.7 Å². The van der Waals surface area contributed by atoms with Crippen molar-refractivity contribution in [3.63, 3.8) is 0 Å². The Morgan fingerprint density at radius 2 is 1.81 bits per heavy atom. The van der Waals surface area contributed by atoms with Crippen molar-refractivity contribution in [3.8, 4) is 0 Å². The molecule has 27 heavy (non-hydrogen) atoms. The van der Waals surface area contributed by atoms with Crippen LogP contribution in [-0.2, 0) is 10.0 Å². The van der Waals surface area contributed by atoms with Gasteiger partial charge in [-0.25, -0.2) is 22.9 Å². The molecule has 2 aromatic rings. The molecule has 2 amide bonds. The first-order chi connectivity index (χ1) is 12.6. The first kappa shape index (κ1) is 21.2. The third kappa shape index (κ3) is 7.55. The number of urea groups is 1. The van der Waals surface area contributed by atoms with E-state index in [1.54, 1.807) is 25.1 Å². The molecule has 0 bridgehead atoms. The van der Waals surface area contributed by atoms with Gasteiger partial charge in [-0.1, -0.05) is 23.2 Å². The third-order valence-electron chi connectivity index (χ3n) is 3.05. The molecule has 1 aromatic carbocycles. The Morgan fingerprint density at radius 3 is 2.48 bits per heavy atom. The predicted molar refractivity (Wildman–Crippen MR) is 107 cm³/mol. The Hall–Kier alpha value is -2.14. The van der Waals surface area contributed by atoms with E-state index in [0.29, 0.717) is 33.8 Å². The average molecular weight is 433 g/mol. The van der Waals surface area contributed by atoms with E-state index >= 15 is 0 Å². The molecule has 12 heteroatoms. The van der Waals surface area contributed by atoms with Crippen LogP contribution in [0.3, 0.4) is 0 Å². The number of hydrogen-bond acceptors (Lipinski definition) is 6. The average Bonchev–Trinajstić information content (AvgIpc) is 2.53. The number of nitrogens with one attached hydrogen (secondary N) is 4. The zero-order chi connectivity index (χ0) is 20.0. The van der Waals surface area contributed by atoms with Gasteiger partial charge in [-0.15, -0.1) is 0 Å². The van der Waals surface area contributed by atoms with Crippen LogP contribution in [0.4, 0.5) is 22.2 Å². The fourth-order valence-electron chi connectivity index (χ4n) is 1.98. The Bertz CT molecular complexity index is 939. The molecule has 0 unspecified atom stereocenters. The van der Waals surface area contributed by atoms with Crippen molar-refractivity contribution in [1.82, 2.24) is 14.7 Å². The standard InChI is InChI=1S/C15H18Cl2N6O3S/c1-9-7-13(18-5-6-19-27(2,25)26)22-14(20-9)23-15(24)21-10-3-4-11(16)12(17)8-10/h3-4,7-8,19H,5-6H2,1-2H3,(H3,18,20,21,22,23,24). The van der Waals surface area contributed by atoms with Crippen LogP contribution in [0.25, 0.3) is 0 Å². The fraction of sp³-hybridized carbons (Fsp3) is 0.267. The molecule has 4 N–H and O–H groups in total. The van der Waals surface area contributed by atoms with Crippen molar-refractivity contribution < 1.29 is 13.2 Å². The molecule has 146 valence electrons. The quantitative estimate of drug-likeness (QED) is 0.498. The van der Waals surface area contributed by atoms with Crippen LogP contribution in [-0.4, -0.2) is 43.8 Å². The van der Waals surface area contributed by atoms with Gasteiger partial charge in [0.2, 0.25) is 16.0 Å². The first-order valence-electron chi connectivity index (χ1n) is 7.69. The van der Waals surface area contributed by atoms with E-state index in [4.69, 9.17) is 23.2 Å². The topological polar surface area (TPSA) is 125 Å². The second-order valence-corrected chi connectivity index (χ2v) is 8.17. The van der Waals surface area contributed by atoms with Crippen molar-refractivity contribution >= 4 is 56.7 Å².